The average Bonchev–Trinajstić information content (AvgIpc) is 3.01. The Bertz CT molecular complexity index is 769. The molecule has 3 rings (SSSR count). The van der Waals surface area contributed by atoms with Crippen molar-refractivity contribution in [3.05, 3.63) is 36.0 Å². The number of H-pyrrole nitrogens is 1. The smallest absolute Gasteiger partial charge is 0.414 e. The average molecular weight is 333 g/mol. The fourth-order valence-corrected chi connectivity index (χ4v) is 2.60. The summed E-state index contributed by atoms with van der Waals surface area (Å²) >= 11 is 0. The Balaban J connectivity index is 0.000000301. The summed E-state index contributed by atoms with van der Waals surface area (Å²) in [5, 5.41) is 22.2. The summed E-state index contributed by atoms with van der Waals surface area (Å²) in [5.41, 5.74) is 1.98. The van der Waals surface area contributed by atoms with E-state index in [0.29, 0.717) is 6.42 Å². The Morgan fingerprint density at radius 3 is 2.33 bits per heavy atom. The van der Waals surface area contributed by atoms with E-state index in [1.807, 2.05) is 38.2 Å². The first-order valence-electron chi connectivity index (χ1n) is 7.30. The third kappa shape index (κ3) is 4.11. The van der Waals surface area contributed by atoms with Crippen molar-refractivity contribution in [2.75, 3.05) is 0 Å². The minimum atomic E-state index is -1.82. The zero-order chi connectivity index (χ0) is 17.9. The highest BCUT2D eigenvalue weighted by Crippen LogP contribution is 2.21. The summed E-state index contributed by atoms with van der Waals surface area (Å²) in [7, 11) is 0. The molecule has 0 aliphatic carbocycles. The highest BCUT2D eigenvalue weighted by molar-refractivity contribution is 6.27. The molecule has 1 saturated heterocycles. The van der Waals surface area contributed by atoms with Crippen molar-refractivity contribution >= 4 is 28.7 Å². The Morgan fingerprint density at radius 1 is 1.17 bits per heavy atom. The van der Waals surface area contributed by atoms with Gasteiger partial charge in [0.15, 0.2) is 0 Å². The van der Waals surface area contributed by atoms with Gasteiger partial charge in [0.25, 0.3) is 0 Å². The highest BCUT2D eigenvalue weighted by atomic mass is 16.4. The first kappa shape index (κ1) is 17.5. The zero-order valence-electron chi connectivity index (χ0n) is 13.3. The molecule has 24 heavy (non-hydrogen) atoms. The van der Waals surface area contributed by atoms with Crippen LogP contribution in [0.15, 0.2) is 30.5 Å². The molecule has 1 aromatic heterocycles. The van der Waals surface area contributed by atoms with E-state index in [9.17, 15) is 4.79 Å². The minimum absolute atomic E-state index is 0.0743. The van der Waals surface area contributed by atoms with Crippen LogP contribution in [-0.2, 0) is 20.8 Å². The van der Waals surface area contributed by atoms with Gasteiger partial charge in [0, 0.05) is 17.1 Å². The van der Waals surface area contributed by atoms with Gasteiger partial charge < -0.3 is 20.5 Å². The maximum atomic E-state index is 11.9. The van der Waals surface area contributed by atoms with Crippen molar-refractivity contribution < 1.29 is 24.6 Å². The second-order valence-corrected chi connectivity index (χ2v) is 5.99. The van der Waals surface area contributed by atoms with Crippen molar-refractivity contribution in [2.24, 2.45) is 0 Å². The van der Waals surface area contributed by atoms with Gasteiger partial charge in [-0.2, -0.15) is 0 Å². The number of amides is 1. The summed E-state index contributed by atoms with van der Waals surface area (Å²) in [6, 6.07) is 8.00. The lowest BCUT2D eigenvalue weighted by atomic mass is 10.1. The topological polar surface area (TPSA) is 132 Å². The van der Waals surface area contributed by atoms with Crippen LogP contribution in [0.4, 0.5) is 0 Å². The maximum absolute atomic E-state index is 11.9. The van der Waals surface area contributed by atoms with Crippen LogP contribution in [0.25, 0.3) is 10.9 Å². The van der Waals surface area contributed by atoms with E-state index in [1.54, 1.807) is 0 Å². The molecule has 0 saturated carbocycles. The van der Waals surface area contributed by atoms with E-state index in [1.165, 1.54) is 10.9 Å². The van der Waals surface area contributed by atoms with Gasteiger partial charge in [-0.25, -0.2) is 9.59 Å². The zero-order valence-corrected chi connectivity index (χ0v) is 13.3. The lowest BCUT2D eigenvalue weighted by Gasteiger charge is -2.18. The van der Waals surface area contributed by atoms with Crippen molar-refractivity contribution in [3.8, 4) is 0 Å². The Labute approximate surface area is 137 Å². The van der Waals surface area contributed by atoms with Gasteiger partial charge in [0.2, 0.25) is 5.91 Å². The number of carboxylic acids is 2. The normalized spacial score (nSPS) is 18.6. The van der Waals surface area contributed by atoms with Crippen molar-refractivity contribution in [2.45, 2.75) is 32.0 Å². The SMILES string of the molecule is CC1(C)NC(=O)C(Cc2c[nH]c3ccccc23)N1.O=C(O)C(=O)O. The number of hydrogen-bond donors (Lipinski definition) is 5. The van der Waals surface area contributed by atoms with E-state index >= 15 is 0 Å². The fourth-order valence-electron chi connectivity index (χ4n) is 2.60. The summed E-state index contributed by atoms with van der Waals surface area (Å²) < 4.78 is 0. The van der Waals surface area contributed by atoms with Gasteiger partial charge in [-0.15, -0.1) is 0 Å². The molecule has 0 bridgehead atoms. The minimum Gasteiger partial charge on any atom is -0.473 e. The molecule has 1 fully saturated rings. The summed E-state index contributed by atoms with van der Waals surface area (Å²) in [6.07, 6.45) is 2.70. The predicted molar refractivity (Wildman–Crippen MR) is 86.4 cm³/mol. The quantitative estimate of drug-likeness (QED) is 0.514. The molecule has 128 valence electrons. The monoisotopic (exact) mass is 333 g/mol. The number of para-hydroxylation sites is 1. The molecule has 8 nitrogen and oxygen atoms in total. The molecular weight excluding hydrogens is 314 g/mol. The molecule has 2 aromatic rings. The molecule has 1 unspecified atom stereocenters. The summed E-state index contributed by atoms with van der Waals surface area (Å²) in [4.78, 5) is 33.3. The number of carbonyl (C=O) groups excluding carboxylic acids is 1. The number of aromatic nitrogens is 1. The highest BCUT2D eigenvalue weighted by Gasteiger charge is 2.36. The number of aromatic amines is 1. The van der Waals surface area contributed by atoms with Crippen LogP contribution in [0.1, 0.15) is 19.4 Å². The third-order valence-corrected chi connectivity index (χ3v) is 3.57. The molecule has 5 N–H and O–H groups in total. The number of carbonyl (C=O) groups is 3. The van der Waals surface area contributed by atoms with E-state index in [-0.39, 0.29) is 17.6 Å². The molecule has 1 amide bonds. The molecule has 0 spiro atoms. The molecule has 0 radical (unpaired) electrons. The van der Waals surface area contributed by atoms with Crippen molar-refractivity contribution in [1.29, 1.82) is 0 Å². The van der Waals surface area contributed by atoms with Gasteiger partial charge in [0.1, 0.15) is 0 Å². The van der Waals surface area contributed by atoms with Gasteiger partial charge in [-0.3, -0.25) is 10.1 Å². The Kier molecular flexibility index (Phi) is 4.89. The van der Waals surface area contributed by atoms with E-state index in [2.05, 4.69) is 21.7 Å². The first-order valence-corrected chi connectivity index (χ1v) is 7.30. The number of carboxylic acid groups (broad SMARTS) is 2. The van der Waals surface area contributed by atoms with Crippen LogP contribution < -0.4 is 10.6 Å². The molecule has 1 aliphatic heterocycles. The van der Waals surface area contributed by atoms with Gasteiger partial charge >= 0.3 is 11.9 Å². The van der Waals surface area contributed by atoms with Crippen molar-refractivity contribution in [3.63, 3.8) is 0 Å². The molecule has 1 aromatic carbocycles. The first-order chi connectivity index (χ1) is 11.2. The van der Waals surface area contributed by atoms with Crippen LogP contribution >= 0.6 is 0 Å². The number of aliphatic carboxylic acids is 2. The van der Waals surface area contributed by atoms with Crippen LogP contribution in [0.5, 0.6) is 0 Å². The number of hydrogen-bond acceptors (Lipinski definition) is 4. The molecule has 2 heterocycles. The largest absolute Gasteiger partial charge is 0.473 e. The van der Waals surface area contributed by atoms with E-state index in [4.69, 9.17) is 19.8 Å². The van der Waals surface area contributed by atoms with Crippen LogP contribution in [0.2, 0.25) is 0 Å². The maximum Gasteiger partial charge on any atom is 0.414 e. The van der Waals surface area contributed by atoms with Gasteiger partial charge in [0.05, 0.1) is 11.7 Å². The van der Waals surface area contributed by atoms with Gasteiger partial charge in [-0.05, 0) is 31.9 Å². The third-order valence-electron chi connectivity index (χ3n) is 3.57. The van der Waals surface area contributed by atoms with Crippen molar-refractivity contribution in [1.82, 2.24) is 15.6 Å². The number of fused-ring (bicyclic) bond motifs is 1. The summed E-state index contributed by atoms with van der Waals surface area (Å²) in [5.74, 6) is -3.57. The second-order valence-electron chi connectivity index (χ2n) is 5.99. The van der Waals surface area contributed by atoms with E-state index in [0.717, 1.165) is 5.52 Å². The van der Waals surface area contributed by atoms with Crippen LogP contribution in [-0.4, -0.2) is 44.7 Å². The molecule has 1 aliphatic rings. The van der Waals surface area contributed by atoms with E-state index < -0.39 is 11.9 Å². The van der Waals surface area contributed by atoms with Crippen LogP contribution in [0.3, 0.4) is 0 Å². The lowest BCUT2D eigenvalue weighted by Crippen LogP contribution is -2.44. The fraction of sp³-hybridized carbons (Fsp3) is 0.312. The van der Waals surface area contributed by atoms with Crippen LogP contribution in [0, 0.1) is 0 Å². The lowest BCUT2D eigenvalue weighted by molar-refractivity contribution is -0.159. The van der Waals surface area contributed by atoms with Gasteiger partial charge in [-0.1, -0.05) is 18.2 Å². The molecule has 1 atom stereocenters. The Hall–Kier alpha value is -2.87. The predicted octanol–water partition coefficient (Wildman–Crippen LogP) is 0.690. The molecule has 8 heteroatoms. The number of rotatable bonds is 2. The molecular formula is C16H19N3O5. The second kappa shape index (κ2) is 6.71. The standard InChI is InChI=1S/C14H17N3O.C2H2O4/c1-14(2)16-12(13(18)17-14)7-9-8-15-11-6-4-3-5-10(9)11;3-1(4)2(5)6/h3-6,8,12,15-16H,7H2,1-2H3,(H,17,18);(H,3,4)(H,5,6). The number of nitrogens with one attached hydrogen (secondary N) is 3. The number of benzene rings is 1. The Morgan fingerprint density at radius 2 is 1.79 bits per heavy atom. The summed E-state index contributed by atoms with van der Waals surface area (Å²) in [6.45, 7) is 3.94.